The minimum atomic E-state index is -1.71. The van der Waals surface area contributed by atoms with Gasteiger partial charge in [-0.15, -0.1) is 0 Å². The minimum Gasteiger partial charge on any atom is -0.411 e. The summed E-state index contributed by atoms with van der Waals surface area (Å²) >= 11 is 0. The van der Waals surface area contributed by atoms with Crippen LogP contribution in [-0.4, -0.2) is 20.5 Å². The second-order valence-electron chi connectivity index (χ2n) is 8.58. The van der Waals surface area contributed by atoms with Crippen LogP contribution in [0.4, 0.5) is 0 Å². The van der Waals surface area contributed by atoms with Crippen LogP contribution in [-0.2, 0) is 11.0 Å². The molecule has 2 nitrogen and oxygen atoms in total. The topological polar surface area (TPSA) is 21.3 Å². The van der Waals surface area contributed by atoms with Crippen molar-refractivity contribution in [3.8, 4) is 0 Å². The largest absolute Gasteiger partial charge is 0.411 e. The number of benzene rings is 1. The number of nitrogens with one attached hydrogen (secondary N) is 1. The van der Waals surface area contributed by atoms with E-state index in [0.29, 0.717) is 6.04 Å². The molecule has 1 N–H and O–H groups in total. The van der Waals surface area contributed by atoms with E-state index in [1.54, 1.807) is 0 Å². The maximum absolute atomic E-state index is 6.44. The van der Waals surface area contributed by atoms with Crippen LogP contribution < -0.4 is 5.32 Å². The summed E-state index contributed by atoms with van der Waals surface area (Å²) in [6.45, 7) is 16.9. The van der Waals surface area contributed by atoms with Crippen molar-refractivity contribution in [2.24, 2.45) is 0 Å². The normalized spacial score (nSPS) is 15.5. The van der Waals surface area contributed by atoms with E-state index in [9.17, 15) is 0 Å². The fourth-order valence-electron chi connectivity index (χ4n) is 2.51. The molecule has 0 saturated heterocycles. The lowest BCUT2D eigenvalue weighted by atomic mass is 10.1. The molecule has 0 heterocycles. The summed E-state index contributed by atoms with van der Waals surface area (Å²) < 4.78 is 6.44. The van der Waals surface area contributed by atoms with Crippen molar-refractivity contribution < 1.29 is 4.43 Å². The first-order chi connectivity index (χ1) is 11.7. The molecular formula is C22H39NOSi. The predicted molar refractivity (Wildman–Crippen MR) is 113 cm³/mol. The van der Waals surface area contributed by atoms with Gasteiger partial charge in [-0.25, -0.2) is 0 Å². The van der Waals surface area contributed by atoms with Crippen LogP contribution in [0.3, 0.4) is 0 Å². The monoisotopic (exact) mass is 361 g/mol. The van der Waals surface area contributed by atoms with E-state index in [1.807, 2.05) is 0 Å². The van der Waals surface area contributed by atoms with Crippen molar-refractivity contribution in [1.82, 2.24) is 5.32 Å². The zero-order valence-corrected chi connectivity index (χ0v) is 18.4. The highest BCUT2D eigenvalue weighted by Gasteiger charge is 2.38. The maximum Gasteiger partial charge on any atom is 0.192 e. The quantitative estimate of drug-likeness (QED) is 0.390. The lowest BCUT2D eigenvalue weighted by Crippen LogP contribution is -2.43. The molecule has 3 heteroatoms. The van der Waals surface area contributed by atoms with Gasteiger partial charge in [0, 0.05) is 12.6 Å². The highest BCUT2D eigenvalue weighted by molar-refractivity contribution is 6.74. The Morgan fingerprint density at radius 2 is 1.76 bits per heavy atom. The van der Waals surface area contributed by atoms with Crippen molar-refractivity contribution >= 4 is 8.32 Å². The molecule has 1 aromatic rings. The molecule has 0 fully saturated rings. The Bertz CT molecular complexity index is 505. The van der Waals surface area contributed by atoms with Crippen LogP contribution in [0.2, 0.25) is 18.1 Å². The maximum atomic E-state index is 6.44. The first-order valence-electron chi connectivity index (χ1n) is 9.79. The number of unbranched alkanes of at least 4 members (excludes halogenated alkanes) is 1. The van der Waals surface area contributed by atoms with Crippen LogP contribution in [0.25, 0.3) is 0 Å². The first-order valence-corrected chi connectivity index (χ1v) is 12.7. The third-order valence-corrected chi connectivity index (χ3v) is 9.75. The molecule has 0 aromatic heterocycles. The molecule has 0 bridgehead atoms. The van der Waals surface area contributed by atoms with Gasteiger partial charge in [0.2, 0.25) is 0 Å². The fraction of sp³-hybridized carbons (Fsp3) is 0.636. The number of hydrogen-bond donors (Lipinski definition) is 1. The van der Waals surface area contributed by atoms with E-state index >= 15 is 0 Å². The molecule has 0 radical (unpaired) electrons. The van der Waals surface area contributed by atoms with Gasteiger partial charge in [-0.2, -0.15) is 0 Å². The first kappa shape index (κ1) is 22.1. The highest BCUT2D eigenvalue weighted by atomic mass is 28.4. The van der Waals surface area contributed by atoms with Crippen molar-refractivity contribution in [2.45, 2.75) is 90.7 Å². The van der Waals surface area contributed by atoms with Gasteiger partial charge in [-0.3, -0.25) is 0 Å². The molecular weight excluding hydrogens is 322 g/mol. The Morgan fingerprint density at radius 1 is 1.12 bits per heavy atom. The van der Waals surface area contributed by atoms with E-state index in [0.717, 1.165) is 6.54 Å². The molecule has 0 unspecified atom stereocenters. The number of rotatable bonds is 10. The molecule has 0 spiro atoms. The summed E-state index contributed by atoms with van der Waals surface area (Å²) in [4.78, 5) is 0. The van der Waals surface area contributed by atoms with Crippen LogP contribution in [0.15, 0.2) is 42.5 Å². The molecule has 142 valence electrons. The standard InChI is InChI=1S/C22H39NOSi/c1-8-9-15-21(23-18-20-13-11-10-12-14-20)17-16-19(2)24-25(6,7)22(3,4)5/h10-14,16-17,19,21,23H,8-9,15,18H2,1-7H3/b17-16+/t19-,21+/m0/s1. The zero-order chi connectivity index (χ0) is 18.9. The molecule has 1 aromatic carbocycles. The predicted octanol–water partition coefficient (Wildman–Crippen LogP) is 6.30. The van der Waals surface area contributed by atoms with Crippen LogP contribution in [0, 0.1) is 0 Å². The third kappa shape index (κ3) is 8.35. The summed E-state index contributed by atoms with van der Waals surface area (Å²) in [6, 6.07) is 11.0. The molecule has 0 aliphatic heterocycles. The van der Waals surface area contributed by atoms with Crippen LogP contribution >= 0.6 is 0 Å². The van der Waals surface area contributed by atoms with Gasteiger partial charge in [0.1, 0.15) is 0 Å². The Labute approximate surface area is 157 Å². The van der Waals surface area contributed by atoms with Gasteiger partial charge in [0.15, 0.2) is 8.32 Å². The van der Waals surface area contributed by atoms with Gasteiger partial charge in [-0.05, 0) is 37.0 Å². The van der Waals surface area contributed by atoms with Crippen molar-refractivity contribution in [2.75, 3.05) is 0 Å². The molecule has 0 saturated carbocycles. The smallest absolute Gasteiger partial charge is 0.192 e. The van der Waals surface area contributed by atoms with Gasteiger partial charge in [-0.1, -0.05) is 83.0 Å². The molecule has 1 rings (SSSR count). The second kappa shape index (κ2) is 10.3. The van der Waals surface area contributed by atoms with Crippen molar-refractivity contribution in [1.29, 1.82) is 0 Å². The van der Waals surface area contributed by atoms with Crippen molar-refractivity contribution in [3.63, 3.8) is 0 Å². The van der Waals surface area contributed by atoms with Crippen LogP contribution in [0.5, 0.6) is 0 Å². The van der Waals surface area contributed by atoms with E-state index in [1.165, 1.54) is 24.8 Å². The van der Waals surface area contributed by atoms with E-state index in [2.05, 4.69) is 95.5 Å². The van der Waals surface area contributed by atoms with E-state index in [-0.39, 0.29) is 11.1 Å². The highest BCUT2D eigenvalue weighted by Crippen LogP contribution is 2.37. The summed E-state index contributed by atoms with van der Waals surface area (Å²) in [5.74, 6) is 0. The van der Waals surface area contributed by atoms with Gasteiger partial charge in [0.25, 0.3) is 0 Å². The summed E-state index contributed by atoms with van der Waals surface area (Å²) in [5.41, 5.74) is 1.34. The molecule has 0 aliphatic carbocycles. The third-order valence-electron chi connectivity index (χ3n) is 5.18. The molecule has 0 aliphatic rings. The Hall–Kier alpha value is -0.903. The van der Waals surface area contributed by atoms with E-state index in [4.69, 9.17) is 4.43 Å². The average Bonchev–Trinajstić information content (AvgIpc) is 2.53. The lowest BCUT2D eigenvalue weighted by Gasteiger charge is -2.38. The van der Waals surface area contributed by atoms with Gasteiger partial charge >= 0.3 is 0 Å². The van der Waals surface area contributed by atoms with E-state index < -0.39 is 8.32 Å². The Balaban J connectivity index is 2.62. The molecule has 2 atom stereocenters. The van der Waals surface area contributed by atoms with Gasteiger partial charge in [0.05, 0.1) is 6.10 Å². The van der Waals surface area contributed by atoms with Crippen LogP contribution in [0.1, 0.15) is 59.4 Å². The summed E-state index contributed by atoms with van der Waals surface area (Å²) in [7, 11) is -1.71. The summed E-state index contributed by atoms with van der Waals surface area (Å²) in [5, 5.41) is 3.94. The van der Waals surface area contributed by atoms with Crippen molar-refractivity contribution in [3.05, 3.63) is 48.0 Å². The summed E-state index contributed by atoms with van der Waals surface area (Å²) in [6.07, 6.45) is 8.38. The number of hydrogen-bond acceptors (Lipinski definition) is 2. The van der Waals surface area contributed by atoms with Gasteiger partial charge < -0.3 is 9.74 Å². The minimum absolute atomic E-state index is 0.170. The fourth-order valence-corrected chi connectivity index (χ4v) is 3.87. The zero-order valence-electron chi connectivity index (χ0n) is 17.4. The SMILES string of the molecule is CCCC[C@H](/C=C/[C@H](C)O[Si](C)(C)C(C)(C)C)NCc1ccccc1. The second-order valence-corrected chi connectivity index (χ2v) is 13.3. The average molecular weight is 362 g/mol. The molecule has 25 heavy (non-hydrogen) atoms. The lowest BCUT2D eigenvalue weighted by molar-refractivity contribution is 0.242. The molecule has 0 amide bonds. The Kier molecular flexibility index (Phi) is 9.12. The Morgan fingerprint density at radius 3 is 2.32 bits per heavy atom.